The number of nitrogens with one attached hydrogen (secondary N) is 1. The second kappa shape index (κ2) is 6.79. The van der Waals surface area contributed by atoms with E-state index in [2.05, 4.69) is 16.8 Å². The number of amides is 1. The zero-order chi connectivity index (χ0) is 16.2. The summed E-state index contributed by atoms with van der Waals surface area (Å²) in [5, 5.41) is 3.78. The van der Waals surface area contributed by atoms with Gasteiger partial charge in [-0.25, -0.2) is 4.98 Å². The minimum absolute atomic E-state index is 0.0962. The van der Waals surface area contributed by atoms with Gasteiger partial charge in [0.15, 0.2) is 0 Å². The van der Waals surface area contributed by atoms with Crippen LogP contribution >= 0.6 is 0 Å². The highest BCUT2D eigenvalue weighted by atomic mass is 16.5. The highest BCUT2D eigenvalue weighted by Crippen LogP contribution is 2.23. The average Bonchev–Trinajstić information content (AvgIpc) is 2.59. The number of hydrogen-bond acceptors (Lipinski definition) is 4. The Balaban J connectivity index is 1.99. The number of aromatic nitrogens is 1. The van der Waals surface area contributed by atoms with Gasteiger partial charge >= 0.3 is 0 Å². The van der Waals surface area contributed by atoms with E-state index < -0.39 is 0 Å². The molecular weight excluding hydrogens is 290 g/mol. The van der Waals surface area contributed by atoms with Crippen molar-refractivity contribution >= 4 is 22.6 Å². The number of ether oxygens (including phenoxy) is 1. The third kappa shape index (κ3) is 3.51. The molecule has 2 heterocycles. The number of anilines is 1. The molecule has 1 aliphatic heterocycles. The van der Waals surface area contributed by atoms with Crippen LogP contribution in [0.25, 0.3) is 10.9 Å². The summed E-state index contributed by atoms with van der Waals surface area (Å²) < 4.78 is 5.39. The lowest BCUT2D eigenvalue weighted by Gasteiger charge is -2.28. The van der Waals surface area contributed by atoms with Crippen molar-refractivity contribution in [3.63, 3.8) is 0 Å². The summed E-state index contributed by atoms with van der Waals surface area (Å²) in [7, 11) is 0. The van der Waals surface area contributed by atoms with Gasteiger partial charge in [0.05, 0.1) is 24.3 Å². The topological polar surface area (TPSA) is 54.5 Å². The van der Waals surface area contributed by atoms with Crippen LogP contribution in [0.15, 0.2) is 42.5 Å². The summed E-state index contributed by atoms with van der Waals surface area (Å²) in [6.45, 7) is 9.14. The lowest BCUT2D eigenvalue weighted by atomic mass is 10.1. The van der Waals surface area contributed by atoms with Crippen LogP contribution in [0.5, 0.6) is 0 Å². The molecular formula is C18H21N3O2. The number of rotatable bonds is 4. The Hall–Kier alpha value is -2.40. The number of morpholine rings is 1. The number of para-hydroxylation sites is 1. The molecule has 5 heteroatoms. The first-order chi connectivity index (χ1) is 11.1. The fourth-order valence-corrected chi connectivity index (χ4v) is 2.63. The minimum Gasteiger partial charge on any atom is -0.378 e. The van der Waals surface area contributed by atoms with E-state index >= 15 is 0 Å². The molecule has 0 atom stereocenters. The number of nitrogens with zero attached hydrogens (tertiary/aromatic N) is 2. The Morgan fingerprint density at radius 3 is 2.83 bits per heavy atom. The summed E-state index contributed by atoms with van der Waals surface area (Å²) in [6, 6.07) is 9.61. The molecule has 0 bridgehead atoms. The second-order valence-corrected chi connectivity index (χ2v) is 5.78. The van der Waals surface area contributed by atoms with Gasteiger partial charge in [0.2, 0.25) is 0 Å². The molecule has 0 radical (unpaired) electrons. The van der Waals surface area contributed by atoms with Crippen LogP contribution in [0.1, 0.15) is 17.3 Å². The van der Waals surface area contributed by atoms with E-state index in [-0.39, 0.29) is 5.91 Å². The van der Waals surface area contributed by atoms with Crippen molar-refractivity contribution in [3.05, 3.63) is 48.0 Å². The summed E-state index contributed by atoms with van der Waals surface area (Å²) in [4.78, 5) is 19.4. The molecule has 1 aromatic heterocycles. The quantitative estimate of drug-likeness (QED) is 0.881. The van der Waals surface area contributed by atoms with E-state index in [1.54, 1.807) is 0 Å². The average molecular weight is 311 g/mol. The number of carbonyl (C=O) groups excluding carboxylic acids is 1. The smallest absolute Gasteiger partial charge is 0.252 e. The maximum atomic E-state index is 12.6. The Morgan fingerprint density at radius 1 is 1.35 bits per heavy atom. The number of benzene rings is 1. The molecule has 1 fully saturated rings. The molecule has 0 aliphatic carbocycles. The van der Waals surface area contributed by atoms with Gasteiger partial charge in [0.25, 0.3) is 5.91 Å². The summed E-state index contributed by atoms with van der Waals surface area (Å²) in [5.74, 6) is 0.730. The van der Waals surface area contributed by atoms with Gasteiger partial charge in [-0.15, -0.1) is 0 Å². The predicted octanol–water partition coefficient (Wildman–Crippen LogP) is 2.38. The third-order valence-corrected chi connectivity index (χ3v) is 3.83. The highest BCUT2D eigenvalue weighted by Gasteiger charge is 2.17. The van der Waals surface area contributed by atoms with Crippen molar-refractivity contribution in [2.45, 2.75) is 6.92 Å². The van der Waals surface area contributed by atoms with Crippen LogP contribution in [0.4, 0.5) is 5.82 Å². The molecule has 1 aliphatic rings. The minimum atomic E-state index is -0.0962. The summed E-state index contributed by atoms with van der Waals surface area (Å²) >= 11 is 0. The normalized spacial score (nSPS) is 14.7. The molecule has 1 N–H and O–H groups in total. The van der Waals surface area contributed by atoms with Crippen molar-refractivity contribution in [3.8, 4) is 0 Å². The Bertz CT molecular complexity index is 736. The van der Waals surface area contributed by atoms with E-state index in [9.17, 15) is 4.79 Å². The Labute approximate surface area is 136 Å². The first-order valence-corrected chi connectivity index (χ1v) is 7.80. The van der Waals surface area contributed by atoms with Crippen molar-refractivity contribution in [2.75, 3.05) is 37.7 Å². The molecule has 1 saturated heterocycles. The molecule has 1 amide bonds. The van der Waals surface area contributed by atoms with Crippen LogP contribution in [-0.2, 0) is 4.74 Å². The van der Waals surface area contributed by atoms with Gasteiger partial charge in [-0.05, 0) is 19.1 Å². The zero-order valence-corrected chi connectivity index (χ0v) is 13.3. The van der Waals surface area contributed by atoms with E-state index in [0.29, 0.717) is 25.3 Å². The molecule has 1 aromatic carbocycles. The first kappa shape index (κ1) is 15.5. The first-order valence-electron chi connectivity index (χ1n) is 7.80. The van der Waals surface area contributed by atoms with E-state index in [1.807, 2.05) is 37.3 Å². The van der Waals surface area contributed by atoms with Crippen molar-refractivity contribution in [1.29, 1.82) is 0 Å². The molecule has 2 aromatic rings. The van der Waals surface area contributed by atoms with Crippen LogP contribution in [0, 0.1) is 0 Å². The van der Waals surface area contributed by atoms with Gasteiger partial charge in [-0.3, -0.25) is 4.79 Å². The predicted molar refractivity (Wildman–Crippen MR) is 91.9 cm³/mol. The van der Waals surface area contributed by atoms with Crippen LogP contribution in [0.2, 0.25) is 0 Å². The second-order valence-electron chi connectivity index (χ2n) is 5.78. The monoisotopic (exact) mass is 311 g/mol. The van der Waals surface area contributed by atoms with Gasteiger partial charge in [-0.2, -0.15) is 0 Å². The van der Waals surface area contributed by atoms with Gasteiger partial charge in [0, 0.05) is 25.0 Å². The van der Waals surface area contributed by atoms with Crippen molar-refractivity contribution in [1.82, 2.24) is 10.3 Å². The maximum absolute atomic E-state index is 12.6. The number of carbonyl (C=O) groups is 1. The lowest BCUT2D eigenvalue weighted by Crippen LogP contribution is -2.37. The Morgan fingerprint density at radius 2 is 2.09 bits per heavy atom. The number of hydrogen-bond donors (Lipinski definition) is 1. The van der Waals surface area contributed by atoms with E-state index in [1.165, 1.54) is 0 Å². The highest BCUT2D eigenvalue weighted by molar-refractivity contribution is 6.07. The van der Waals surface area contributed by atoms with Gasteiger partial charge < -0.3 is 15.0 Å². The number of pyridine rings is 1. The molecule has 120 valence electrons. The Kier molecular flexibility index (Phi) is 4.57. The summed E-state index contributed by atoms with van der Waals surface area (Å²) in [5.41, 5.74) is 2.40. The molecule has 5 nitrogen and oxygen atoms in total. The lowest BCUT2D eigenvalue weighted by molar-refractivity contribution is 0.0958. The van der Waals surface area contributed by atoms with Crippen LogP contribution in [-0.4, -0.2) is 43.7 Å². The summed E-state index contributed by atoms with van der Waals surface area (Å²) in [6.07, 6.45) is 0. The molecule has 0 spiro atoms. The zero-order valence-electron chi connectivity index (χ0n) is 13.3. The van der Waals surface area contributed by atoms with Crippen molar-refractivity contribution < 1.29 is 9.53 Å². The number of fused-ring (bicyclic) bond motifs is 1. The fourth-order valence-electron chi connectivity index (χ4n) is 2.63. The molecule has 0 unspecified atom stereocenters. The largest absolute Gasteiger partial charge is 0.378 e. The standard InChI is InChI=1S/C18H21N3O2/c1-13(2)12-19-18(22)15-11-17(21-7-9-23-10-8-21)20-16-6-4-3-5-14(15)16/h3-6,11H,1,7-10,12H2,2H3,(H,19,22). The van der Waals surface area contributed by atoms with Crippen LogP contribution < -0.4 is 10.2 Å². The fraction of sp³-hybridized carbons (Fsp3) is 0.333. The SMILES string of the molecule is C=C(C)CNC(=O)c1cc(N2CCOCC2)nc2ccccc12. The van der Waals surface area contributed by atoms with E-state index in [4.69, 9.17) is 9.72 Å². The molecule has 3 rings (SSSR count). The van der Waals surface area contributed by atoms with Gasteiger partial charge in [0.1, 0.15) is 5.82 Å². The molecule has 0 saturated carbocycles. The maximum Gasteiger partial charge on any atom is 0.252 e. The van der Waals surface area contributed by atoms with Gasteiger partial charge in [-0.1, -0.05) is 30.4 Å². The molecule has 23 heavy (non-hydrogen) atoms. The van der Waals surface area contributed by atoms with Crippen LogP contribution in [0.3, 0.4) is 0 Å². The van der Waals surface area contributed by atoms with E-state index in [0.717, 1.165) is 35.4 Å². The third-order valence-electron chi connectivity index (χ3n) is 3.83. The van der Waals surface area contributed by atoms with Crippen molar-refractivity contribution in [2.24, 2.45) is 0 Å².